The number of hydrogen-bond donors (Lipinski definition) is 1. The predicted octanol–water partition coefficient (Wildman–Crippen LogP) is 4.68. The van der Waals surface area contributed by atoms with Crippen LogP contribution in [-0.2, 0) is 25.7 Å². The maximum absolute atomic E-state index is 13.8. The Labute approximate surface area is 224 Å². The number of nitrogens with one attached hydrogen (secondary N) is 1. The summed E-state index contributed by atoms with van der Waals surface area (Å²) in [7, 11) is 0. The first-order valence-electron chi connectivity index (χ1n) is 12.6. The van der Waals surface area contributed by atoms with Gasteiger partial charge in [-0.1, -0.05) is 78.1 Å². The van der Waals surface area contributed by atoms with Gasteiger partial charge in [0.1, 0.15) is 10.6 Å². The van der Waals surface area contributed by atoms with E-state index in [0.717, 1.165) is 41.7 Å². The van der Waals surface area contributed by atoms with E-state index >= 15 is 0 Å². The van der Waals surface area contributed by atoms with Crippen molar-refractivity contribution in [2.45, 2.75) is 25.7 Å². The minimum absolute atomic E-state index is 0.140. The Kier molecular flexibility index (Phi) is 6.21. The van der Waals surface area contributed by atoms with Crippen molar-refractivity contribution >= 4 is 28.8 Å². The molecule has 1 amide bonds. The van der Waals surface area contributed by atoms with Crippen LogP contribution < -0.4 is 10.2 Å². The molecule has 0 fully saturated rings. The summed E-state index contributed by atoms with van der Waals surface area (Å²) in [6.45, 7) is 4.00. The molecule has 0 saturated heterocycles. The Morgan fingerprint density at radius 1 is 0.895 bits per heavy atom. The highest BCUT2D eigenvalue weighted by Crippen LogP contribution is 2.29. The van der Waals surface area contributed by atoms with E-state index in [0.29, 0.717) is 27.9 Å². The van der Waals surface area contributed by atoms with Crippen molar-refractivity contribution < 1.29 is 14.4 Å². The van der Waals surface area contributed by atoms with E-state index in [1.807, 2.05) is 12.1 Å². The number of aryl methyl sites for hydroxylation is 4. The van der Waals surface area contributed by atoms with Crippen LogP contribution in [0.15, 0.2) is 84.4 Å². The third-order valence-electron chi connectivity index (χ3n) is 7.06. The molecule has 0 atom stereocenters. The molecule has 0 spiro atoms. The van der Waals surface area contributed by atoms with Crippen LogP contribution in [-0.4, -0.2) is 28.7 Å². The van der Waals surface area contributed by atoms with E-state index in [9.17, 15) is 14.4 Å². The lowest BCUT2D eigenvalue weighted by Gasteiger charge is -2.18. The number of fused-ring (bicyclic) bond motifs is 2. The van der Waals surface area contributed by atoms with Crippen LogP contribution in [0.1, 0.15) is 63.9 Å². The molecule has 7 heteroatoms. The number of carbonyl (C=O) groups is 3. The number of rotatable bonds is 4. The SMILES string of the molecule is C=CCN=c1sc2c(n1NC(=O)c1cc3ccc1CCc1ccc(cc1)CC3)C(=O)c1ccccc1C2=O. The quantitative estimate of drug-likeness (QED) is 0.350. The third kappa shape index (κ3) is 4.25. The number of benzene rings is 3. The van der Waals surface area contributed by atoms with Crippen LogP contribution in [0.4, 0.5) is 0 Å². The van der Waals surface area contributed by atoms with Gasteiger partial charge in [-0.25, -0.2) is 4.68 Å². The Morgan fingerprint density at radius 2 is 1.53 bits per heavy atom. The van der Waals surface area contributed by atoms with Crippen LogP contribution in [0.5, 0.6) is 0 Å². The molecule has 0 unspecified atom stereocenters. The van der Waals surface area contributed by atoms with E-state index in [1.54, 1.807) is 30.3 Å². The number of aromatic nitrogens is 1. The average molecular weight is 520 g/mol. The highest BCUT2D eigenvalue weighted by atomic mass is 32.1. The highest BCUT2D eigenvalue weighted by molar-refractivity contribution is 7.12. The van der Waals surface area contributed by atoms with Gasteiger partial charge in [-0.2, -0.15) is 0 Å². The van der Waals surface area contributed by atoms with Crippen LogP contribution in [0, 0.1) is 0 Å². The van der Waals surface area contributed by atoms with Gasteiger partial charge in [0.2, 0.25) is 16.4 Å². The van der Waals surface area contributed by atoms with Gasteiger partial charge in [-0.15, -0.1) is 6.58 Å². The van der Waals surface area contributed by atoms with Crippen molar-refractivity contribution in [1.29, 1.82) is 0 Å². The van der Waals surface area contributed by atoms with E-state index < -0.39 is 0 Å². The fourth-order valence-corrected chi connectivity index (χ4v) is 6.06. The molecule has 0 aliphatic heterocycles. The zero-order chi connectivity index (χ0) is 26.2. The second-order valence-electron chi connectivity index (χ2n) is 9.48. The average Bonchev–Trinajstić information content (AvgIpc) is 3.30. The Bertz CT molecular complexity index is 1690. The zero-order valence-corrected chi connectivity index (χ0v) is 21.5. The molecule has 6 nitrogen and oxygen atoms in total. The van der Waals surface area contributed by atoms with Crippen molar-refractivity contribution in [2.75, 3.05) is 12.0 Å². The molecule has 3 aromatic carbocycles. The largest absolute Gasteiger partial charge is 0.288 e. The van der Waals surface area contributed by atoms with E-state index in [2.05, 4.69) is 47.3 Å². The molecule has 1 N–H and O–H groups in total. The fourth-order valence-electron chi connectivity index (χ4n) is 5.03. The van der Waals surface area contributed by atoms with Gasteiger partial charge in [0, 0.05) is 16.7 Å². The summed E-state index contributed by atoms with van der Waals surface area (Å²) in [4.78, 5) is 45.8. The lowest BCUT2D eigenvalue weighted by atomic mass is 9.91. The first-order valence-corrected chi connectivity index (χ1v) is 13.4. The minimum Gasteiger partial charge on any atom is -0.288 e. The first kappa shape index (κ1) is 24.0. The number of ketones is 2. The van der Waals surface area contributed by atoms with Crippen LogP contribution in [0.25, 0.3) is 0 Å². The summed E-state index contributed by atoms with van der Waals surface area (Å²) in [6, 6.07) is 21.5. The van der Waals surface area contributed by atoms with Gasteiger partial charge in [0.15, 0.2) is 0 Å². The summed E-state index contributed by atoms with van der Waals surface area (Å²) in [5, 5.41) is 0. The zero-order valence-electron chi connectivity index (χ0n) is 20.7. The van der Waals surface area contributed by atoms with Gasteiger partial charge in [-0.05, 0) is 54.0 Å². The predicted molar refractivity (Wildman–Crippen MR) is 148 cm³/mol. The molecule has 188 valence electrons. The maximum atomic E-state index is 13.8. The summed E-state index contributed by atoms with van der Waals surface area (Å²) in [5.74, 6) is -0.899. The van der Waals surface area contributed by atoms with Crippen molar-refractivity contribution in [3.63, 3.8) is 0 Å². The van der Waals surface area contributed by atoms with E-state index in [-0.39, 0.29) is 34.6 Å². The van der Waals surface area contributed by atoms with Crippen LogP contribution >= 0.6 is 11.3 Å². The summed E-state index contributed by atoms with van der Waals surface area (Å²) >= 11 is 1.10. The molecule has 38 heavy (non-hydrogen) atoms. The summed E-state index contributed by atoms with van der Waals surface area (Å²) in [5.41, 5.74) is 8.80. The van der Waals surface area contributed by atoms with Crippen molar-refractivity contribution in [3.05, 3.63) is 134 Å². The van der Waals surface area contributed by atoms with Crippen molar-refractivity contribution in [3.8, 4) is 0 Å². The van der Waals surface area contributed by atoms with Gasteiger partial charge >= 0.3 is 0 Å². The molecule has 4 bridgehead atoms. The number of carbonyl (C=O) groups excluding carboxylic acids is 3. The first-order chi connectivity index (χ1) is 18.5. The lowest BCUT2D eigenvalue weighted by Crippen LogP contribution is -2.35. The lowest BCUT2D eigenvalue weighted by molar-refractivity contribution is 0.0969. The number of thiazole rings is 1. The normalized spacial score (nSPS) is 14.5. The minimum atomic E-state index is -0.340. The Hall–Kier alpha value is -4.36. The second-order valence-corrected chi connectivity index (χ2v) is 10.5. The smallest absolute Gasteiger partial charge is 0.270 e. The van der Waals surface area contributed by atoms with Gasteiger partial charge in [-0.3, -0.25) is 24.8 Å². The highest BCUT2D eigenvalue weighted by Gasteiger charge is 2.35. The molecule has 0 saturated carbocycles. The fraction of sp³-hybridized carbons (Fsp3) is 0.161. The monoisotopic (exact) mass is 519 g/mol. The summed E-state index contributed by atoms with van der Waals surface area (Å²) < 4.78 is 1.39. The van der Waals surface area contributed by atoms with Gasteiger partial charge < -0.3 is 0 Å². The molecule has 0 radical (unpaired) electrons. The Balaban J connectivity index is 1.42. The van der Waals surface area contributed by atoms with Crippen LogP contribution in [0.3, 0.4) is 0 Å². The number of nitrogens with zero attached hydrogens (tertiary/aromatic N) is 2. The van der Waals surface area contributed by atoms with Gasteiger partial charge in [0.05, 0.1) is 6.54 Å². The molecule has 9 rings (SSSR count). The van der Waals surface area contributed by atoms with Crippen molar-refractivity contribution in [1.82, 2.24) is 4.68 Å². The van der Waals surface area contributed by atoms with Crippen LogP contribution in [0.2, 0.25) is 0 Å². The van der Waals surface area contributed by atoms with E-state index in [4.69, 9.17) is 0 Å². The topological polar surface area (TPSA) is 80.5 Å². The number of hydrogen-bond acceptors (Lipinski definition) is 5. The summed E-state index contributed by atoms with van der Waals surface area (Å²) in [6.07, 6.45) is 4.83. The maximum Gasteiger partial charge on any atom is 0.270 e. The number of amides is 1. The van der Waals surface area contributed by atoms with Gasteiger partial charge in [0.25, 0.3) is 5.91 Å². The molecule has 4 aromatic rings. The van der Waals surface area contributed by atoms with E-state index in [1.165, 1.54) is 15.8 Å². The second kappa shape index (κ2) is 9.84. The molecule has 1 heterocycles. The van der Waals surface area contributed by atoms with Crippen molar-refractivity contribution in [2.24, 2.45) is 4.99 Å². The molecule has 5 aliphatic rings. The molecular weight excluding hydrogens is 494 g/mol. The molecule has 5 aliphatic carbocycles. The Morgan fingerprint density at radius 3 is 2.24 bits per heavy atom. The standard InChI is InChI=1S/C31H25N3O3S/c1-2-17-32-31-34(26-27(35)23-5-3-4-6-24(23)28(36)29(26)38-31)33-30(37)25-18-21-12-11-19-7-9-20(10-8-19)13-15-22(25)16-14-21/h2-10,14,16,18H,1,11-13,15,17H2,(H,33,37). The third-order valence-corrected chi connectivity index (χ3v) is 8.13. The molecular formula is C31H25N3O3S. The molecule has 1 aromatic heterocycles.